The molecule has 0 N–H and O–H groups in total. The fraction of sp³-hybridized carbons (Fsp3) is 0.917. The van der Waals surface area contributed by atoms with Crippen LogP contribution in [0.25, 0.3) is 0 Å². The number of hydrogen-bond acceptors (Lipinski definition) is 3. The Labute approximate surface area is 90.1 Å². The van der Waals surface area contributed by atoms with Gasteiger partial charge in [-0.05, 0) is 31.1 Å². The van der Waals surface area contributed by atoms with Crippen LogP contribution in [0.1, 0.15) is 27.2 Å². The van der Waals surface area contributed by atoms with E-state index in [0.717, 1.165) is 6.42 Å². The molecule has 3 rings (SSSR count). The molecule has 0 aromatic rings. The zero-order valence-electron chi connectivity index (χ0n) is 9.53. The van der Waals surface area contributed by atoms with Crippen LogP contribution < -0.4 is 0 Å². The van der Waals surface area contributed by atoms with Crippen molar-refractivity contribution in [1.82, 2.24) is 0 Å². The second kappa shape index (κ2) is 2.76. The molecule has 15 heavy (non-hydrogen) atoms. The minimum atomic E-state index is -0.573. The Morgan fingerprint density at radius 1 is 1.47 bits per heavy atom. The van der Waals surface area contributed by atoms with Crippen molar-refractivity contribution < 1.29 is 14.3 Å². The molecular formula is C12H18O3. The minimum Gasteiger partial charge on any atom is -0.459 e. The van der Waals surface area contributed by atoms with Crippen molar-refractivity contribution in [3.63, 3.8) is 0 Å². The molecule has 2 aliphatic carbocycles. The van der Waals surface area contributed by atoms with E-state index < -0.39 is 5.60 Å². The summed E-state index contributed by atoms with van der Waals surface area (Å²) < 4.78 is 11.3. The molecule has 0 aromatic heterocycles. The molecule has 3 nitrogen and oxygen atoms in total. The summed E-state index contributed by atoms with van der Waals surface area (Å²) in [6.07, 6.45) is 1.00. The van der Waals surface area contributed by atoms with Crippen LogP contribution >= 0.6 is 0 Å². The third kappa shape index (κ3) is 0.889. The lowest BCUT2D eigenvalue weighted by Gasteiger charge is -2.30. The molecule has 1 aliphatic heterocycles. The molecular weight excluding hydrogens is 192 g/mol. The third-order valence-corrected chi connectivity index (χ3v) is 4.86. The first kappa shape index (κ1) is 9.64. The Morgan fingerprint density at radius 2 is 2.20 bits per heavy atom. The van der Waals surface area contributed by atoms with E-state index in [1.54, 1.807) is 0 Å². The zero-order valence-corrected chi connectivity index (χ0v) is 9.53. The van der Waals surface area contributed by atoms with Gasteiger partial charge in [-0.15, -0.1) is 0 Å². The van der Waals surface area contributed by atoms with Crippen molar-refractivity contribution in [3.05, 3.63) is 0 Å². The smallest absolute Gasteiger partial charge is 0.339 e. The van der Waals surface area contributed by atoms with E-state index in [-0.39, 0.29) is 12.1 Å². The highest BCUT2D eigenvalue weighted by Crippen LogP contribution is 2.63. The molecule has 1 heterocycles. The molecule has 3 aliphatic rings. The monoisotopic (exact) mass is 210 g/mol. The number of ether oxygens (including phenoxy) is 2. The summed E-state index contributed by atoms with van der Waals surface area (Å²) in [5, 5.41) is 0. The highest BCUT2D eigenvalue weighted by molar-refractivity contribution is 5.84. The normalized spacial score (nSPS) is 56.2. The van der Waals surface area contributed by atoms with Gasteiger partial charge in [0.15, 0.2) is 5.60 Å². The van der Waals surface area contributed by atoms with E-state index in [4.69, 9.17) is 9.47 Å². The highest BCUT2D eigenvalue weighted by Gasteiger charge is 2.73. The van der Waals surface area contributed by atoms with E-state index in [1.165, 1.54) is 0 Å². The first-order chi connectivity index (χ1) is 7.12. The van der Waals surface area contributed by atoms with Crippen molar-refractivity contribution in [2.45, 2.75) is 38.9 Å². The fourth-order valence-electron chi connectivity index (χ4n) is 4.26. The largest absolute Gasteiger partial charge is 0.459 e. The number of carbonyl (C=O) groups excluding carboxylic acids is 1. The van der Waals surface area contributed by atoms with Crippen molar-refractivity contribution in [2.75, 3.05) is 6.61 Å². The van der Waals surface area contributed by atoms with Gasteiger partial charge in [0.2, 0.25) is 0 Å². The Bertz CT molecular complexity index is 314. The molecule has 2 bridgehead atoms. The fourth-order valence-corrected chi connectivity index (χ4v) is 4.26. The number of carbonyl (C=O) groups is 1. The van der Waals surface area contributed by atoms with Crippen LogP contribution in [-0.4, -0.2) is 24.3 Å². The van der Waals surface area contributed by atoms with Crippen molar-refractivity contribution in [1.29, 1.82) is 0 Å². The number of esters is 1. The van der Waals surface area contributed by atoms with Crippen LogP contribution in [0.3, 0.4) is 0 Å². The van der Waals surface area contributed by atoms with Gasteiger partial charge in [0, 0.05) is 12.5 Å². The molecule has 0 radical (unpaired) electrons. The maximum absolute atomic E-state index is 11.9. The van der Waals surface area contributed by atoms with Crippen LogP contribution in [0.15, 0.2) is 0 Å². The van der Waals surface area contributed by atoms with Crippen LogP contribution in [0, 0.1) is 23.7 Å². The summed E-state index contributed by atoms with van der Waals surface area (Å²) in [4.78, 5) is 11.9. The second-order valence-electron chi connectivity index (χ2n) is 5.30. The summed E-state index contributed by atoms with van der Waals surface area (Å²) >= 11 is 0. The van der Waals surface area contributed by atoms with Gasteiger partial charge >= 0.3 is 5.97 Å². The number of hydrogen-bond donors (Lipinski definition) is 0. The Hall–Kier alpha value is -0.570. The summed E-state index contributed by atoms with van der Waals surface area (Å²) in [7, 11) is 0. The van der Waals surface area contributed by atoms with Crippen LogP contribution in [0.2, 0.25) is 0 Å². The lowest BCUT2D eigenvalue weighted by atomic mass is 9.80. The molecule has 6 unspecified atom stereocenters. The Kier molecular flexibility index (Phi) is 1.77. The molecule has 0 spiro atoms. The molecule has 0 aromatic carbocycles. The average molecular weight is 210 g/mol. The predicted molar refractivity (Wildman–Crippen MR) is 54.2 cm³/mol. The first-order valence-electron chi connectivity index (χ1n) is 5.97. The quantitative estimate of drug-likeness (QED) is 0.649. The second-order valence-corrected chi connectivity index (χ2v) is 5.30. The minimum absolute atomic E-state index is 0.0990. The van der Waals surface area contributed by atoms with Gasteiger partial charge in [0.1, 0.15) is 6.10 Å². The van der Waals surface area contributed by atoms with Crippen molar-refractivity contribution in [2.24, 2.45) is 23.7 Å². The molecule has 3 fully saturated rings. The Balaban J connectivity index is 2.02. The molecule has 0 amide bonds. The average Bonchev–Trinajstić information content (AvgIpc) is 2.68. The molecule has 3 heteroatoms. The SMILES string of the molecule is CCOC12CC3C(C)C(OC1=O)C2C3C. The maximum Gasteiger partial charge on any atom is 0.339 e. The van der Waals surface area contributed by atoms with Gasteiger partial charge in [-0.25, -0.2) is 4.79 Å². The summed E-state index contributed by atoms with van der Waals surface area (Å²) in [6, 6.07) is 0. The van der Waals surface area contributed by atoms with Crippen molar-refractivity contribution >= 4 is 5.97 Å². The lowest BCUT2D eigenvalue weighted by Crippen LogP contribution is -2.44. The van der Waals surface area contributed by atoms with Gasteiger partial charge in [-0.3, -0.25) is 0 Å². The standard InChI is InChI=1S/C12H18O3/c1-4-14-12-5-8-6(2)9(12)10(7(8)3)15-11(12)13/h6-10H,4-5H2,1-3H3. The number of rotatable bonds is 2. The first-order valence-corrected chi connectivity index (χ1v) is 5.97. The molecule has 1 saturated heterocycles. The molecule has 2 saturated carbocycles. The maximum atomic E-state index is 11.9. The van der Waals surface area contributed by atoms with E-state index in [1.807, 2.05) is 6.92 Å². The van der Waals surface area contributed by atoms with Gasteiger partial charge in [0.25, 0.3) is 0 Å². The highest BCUT2D eigenvalue weighted by atomic mass is 16.6. The topological polar surface area (TPSA) is 35.5 Å². The van der Waals surface area contributed by atoms with Gasteiger partial charge < -0.3 is 9.47 Å². The van der Waals surface area contributed by atoms with Crippen LogP contribution in [-0.2, 0) is 14.3 Å². The van der Waals surface area contributed by atoms with E-state index in [2.05, 4.69) is 13.8 Å². The summed E-state index contributed by atoms with van der Waals surface area (Å²) in [5.74, 6) is 1.91. The van der Waals surface area contributed by atoms with Gasteiger partial charge in [-0.1, -0.05) is 13.8 Å². The van der Waals surface area contributed by atoms with Gasteiger partial charge in [0.05, 0.1) is 0 Å². The van der Waals surface area contributed by atoms with Crippen LogP contribution in [0.5, 0.6) is 0 Å². The summed E-state index contributed by atoms with van der Waals surface area (Å²) in [5.41, 5.74) is -0.573. The molecule has 6 atom stereocenters. The third-order valence-electron chi connectivity index (χ3n) is 4.86. The molecule has 84 valence electrons. The van der Waals surface area contributed by atoms with Gasteiger partial charge in [-0.2, -0.15) is 0 Å². The van der Waals surface area contributed by atoms with E-state index in [0.29, 0.717) is 30.3 Å². The van der Waals surface area contributed by atoms with Crippen LogP contribution in [0.4, 0.5) is 0 Å². The van der Waals surface area contributed by atoms with E-state index >= 15 is 0 Å². The number of fused-ring (bicyclic) bond motifs is 1. The lowest BCUT2D eigenvalue weighted by molar-refractivity contribution is -0.159. The Morgan fingerprint density at radius 3 is 2.80 bits per heavy atom. The van der Waals surface area contributed by atoms with E-state index in [9.17, 15) is 4.79 Å². The zero-order chi connectivity index (χ0) is 10.8. The van der Waals surface area contributed by atoms with Crippen molar-refractivity contribution in [3.8, 4) is 0 Å². The predicted octanol–water partition coefficient (Wildman–Crippen LogP) is 1.61. The summed E-state index contributed by atoms with van der Waals surface area (Å²) in [6.45, 7) is 7.01.